The first-order valence-corrected chi connectivity index (χ1v) is 10.9. The lowest BCUT2D eigenvalue weighted by atomic mass is 10.0. The highest BCUT2D eigenvalue weighted by Crippen LogP contribution is 2.25. The lowest BCUT2D eigenvalue weighted by molar-refractivity contribution is 0.261. The first-order chi connectivity index (χ1) is 15.7. The predicted molar refractivity (Wildman–Crippen MR) is 132 cm³/mol. The average Bonchev–Trinajstić information content (AvgIpc) is 2.85. The monoisotopic (exact) mass is 425 g/mol. The predicted octanol–water partition coefficient (Wildman–Crippen LogP) is 5.40. The van der Waals surface area contributed by atoms with Gasteiger partial charge in [0.2, 0.25) is 0 Å². The van der Waals surface area contributed by atoms with E-state index in [-0.39, 0.29) is 6.04 Å². The number of hydrogen-bond donors (Lipinski definition) is 0. The van der Waals surface area contributed by atoms with E-state index >= 15 is 0 Å². The van der Waals surface area contributed by atoms with Crippen LogP contribution in [0, 0.1) is 11.8 Å². The van der Waals surface area contributed by atoms with E-state index in [1.807, 2.05) is 54.6 Å². The maximum Gasteiger partial charge on any atom is 0.125 e. The molecule has 1 atom stereocenters. The highest BCUT2D eigenvalue weighted by molar-refractivity contribution is 5.41. The van der Waals surface area contributed by atoms with Crippen molar-refractivity contribution in [2.24, 2.45) is 0 Å². The fraction of sp³-hybridized carbons (Fsp3) is 0.241. The summed E-state index contributed by atoms with van der Waals surface area (Å²) in [7, 11) is 3.36. The van der Waals surface area contributed by atoms with Crippen LogP contribution in [0.1, 0.15) is 16.7 Å². The van der Waals surface area contributed by atoms with E-state index in [4.69, 9.17) is 9.47 Å². The molecule has 0 N–H and O–H groups in total. The topological polar surface area (TPSA) is 21.7 Å². The van der Waals surface area contributed by atoms with Crippen LogP contribution < -0.4 is 9.47 Å². The summed E-state index contributed by atoms with van der Waals surface area (Å²) in [5.74, 6) is 8.54. The Morgan fingerprint density at radius 3 is 2.31 bits per heavy atom. The molecule has 0 aromatic heterocycles. The summed E-state index contributed by atoms with van der Waals surface area (Å²) in [4.78, 5) is 2.39. The van der Waals surface area contributed by atoms with Gasteiger partial charge in [-0.3, -0.25) is 4.90 Å². The highest BCUT2D eigenvalue weighted by atomic mass is 16.5. The van der Waals surface area contributed by atoms with Gasteiger partial charge in [-0.05, 0) is 42.2 Å². The first-order valence-electron chi connectivity index (χ1n) is 10.9. The second-order valence-corrected chi connectivity index (χ2v) is 7.55. The van der Waals surface area contributed by atoms with Crippen LogP contribution >= 0.6 is 0 Å². The van der Waals surface area contributed by atoms with Gasteiger partial charge in [0.05, 0.1) is 20.3 Å². The van der Waals surface area contributed by atoms with Crippen molar-refractivity contribution in [3.8, 4) is 23.3 Å². The standard InChI is InChI=1S/C29H31NO2/c1-4-20-30(21-19-26-16-18-28(31-2)23-29(26)32-3)27(22-25-13-9-6-10-14-25)17-15-24-11-7-5-8-12-24/h4-14,16,18,23,27H,1,19-22H2,2-3H3. The fourth-order valence-corrected chi connectivity index (χ4v) is 3.66. The second-order valence-electron chi connectivity index (χ2n) is 7.55. The van der Waals surface area contributed by atoms with Crippen molar-refractivity contribution in [1.82, 2.24) is 4.90 Å². The van der Waals surface area contributed by atoms with E-state index in [2.05, 4.69) is 53.7 Å². The van der Waals surface area contributed by atoms with Crippen molar-refractivity contribution in [2.45, 2.75) is 18.9 Å². The number of benzene rings is 3. The molecule has 1 unspecified atom stereocenters. The molecule has 3 aromatic rings. The van der Waals surface area contributed by atoms with Crippen molar-refractivity contribution in [3.05, 3.63) is 108 Å². The normalized spacial score (nSPS) is 11.3. The van der Waals surface area contributed by atoms with Crippen LogP contribution in [-0.4, -0.2) is 38.3 Å². The summed E-state index contributed by atoms with van der Waals surface area (Å²) < 4.78 is 10.9. The second kappa shape index (κ2) is 12.4. The fourth-order valence-electron chi connectivity index (χ4n) is 3.66. The average molecular weight is 426 g/mol. The van der Waals surface area contributed by atoms with Gasteiger partial charge in [-0.25, -0.2) is 0 Å². The molecule has 3 rings (SSSR count). The molecular weight excluding hydrogens is 394 g/mol. The van der Waals surface area contributed by atoms with Crippen molar-refractivity contribution < 1.29 is 9.47 Å². The molecular formula is C29H31NO2. The van der Waals surface area contributed by atoms with Crippen LogP contribution in [0.25, 0.3) is 0 Å². The molecule has 0 bridgehead atoms. The van der Waals surface area contributed by atoms with Gasteiger partial charge in [-0.1, -0.05) is 72.5 Å². The smallest absolute Gasteiger partial charge is 0.125 e. The van der Waals surface area contributed by atoms with Crippen LogP contribution in [0.3, 0.4) is 0 Å². The SMILES string of the molecule is C=CCN(CCc1ccc(OC)cc1OC)C(C#Cc1ccccc1)Cc1ccccc1. The van der Waals surface area contributed by atoms with E-state index in [0.717, 1.165) is 48.6 Å². The number of ether oxygens (including phenoxy) is 2. The van der Waals surface area contributed by atoms with Crippen LogP contribution in [0.5, 0.6) is 11.5 Å². The molecule has 3 aromatic carbocycles. The zero-order valence-corrected chi connectivity index (χ0v) is 19.0. The largest absolute Gasteiger partial charge is 0.497 e. The Balaban J connectivity index is 1.83. The number of hydrogen-bond acceptors (Lipinski definition) is 3. The molecule has 3 nitrogen and oxygen atoms in total. The quantitative estimate of drug-likeness (QED) is 0.321. The molecule has 32 heavy (non-hydrogen) atoms. The molecule has 0 saturated carbocycles. The van der Waals surface area contributed by atoms with Crippen molar-refractivity contribution in [3.63, 3.8) is 0 Å². The Bertz CT molecular complexity index is 1040. The summed E-state index contributed by atoms with van der Waals surface area (Å²) in [6.07, 6.45) is 3.65. The molecule has 0 aliphatic rings. The number of rotatable bonds is 10. The molecule has 0 aliphatic heterocycles. The maximum absolute atomic E-state index is 5.59. The summed E-state index contributed by atoms with van der Waals surface area (Å²) in [5, 5.41) is 0. The summed E-state index contributed by atoms with van der Waals surface area (Å²) in [5.41, 5.74) is 3.45. The lowest BCUT2D eigenvalue weighted by Gasteiger charge is -2.28. The lowest BCUT2D eigenvalue weighted by Crippen LogP contribution is -2.37. The van der Waals surface area contributed by atoms with Gasteiger partial charge in [-0.15, -0.1) is 6.58 Å². The van der Waals surface area contributed by atoms with Crippen molar-refractivity contribution >= 4 is 0 Å². The van der Waals surface area contributed by atoms with Gasteiger partial charge >= 0.3 is 0 Å². The van der Waals surface area contributed by atoms with E-state index in [0.29, 0.717) is 0 Å². The van der Waals surface area contributed by atoms with Crippen molar-refractivity contribution in [2.75, 3.05) is 27.3 Å². The zero-order valence-electron chi connectivity index (χ0n) is 19.0. The van der Waals surface area contributed by atoms with Gasteiger partial charge in [-0.2, -0.15) is 0 Å². The Morgan fingerprint density at radius 1 is 0.938 bits per heavy atom. The minimum Gasteiger partial charge on any atom is -0.497 e. The van der Waals surface area contributed by atoms with Crippen LogP contribution in [0.4, 0.5) is 0 Å². The summed E-state index contributed by atoms with van der Waals surface area (Å²) in [6, 6.07) is 26.7. The molecule has 0 aliphatic carbocycles. The molecule has 0 saturated heterocycles. The molecule has 0 amide bonds. The third kappa shape index (κ3) is 6.77. The summed E-state index contributed by atoms with van der Waals surface area (Å²) in [6.45, 7) is 5.59. The highest BCUT2D eigenvalue weighted by Gasteiger charge is 2.17. The minimum atomic E-state index is 0.0693. The molecule has 0 heterocycles. The maximum atomic E-state index is 5.59. The Labute approximate surface area is 192 Å². The van der Waals surface area contributed by atoms with Crippen molar-refractivity contribution in [1.29, 1.82) is 0 Å². The minimum absolute atomic E-state index is 0.0693. The van der Waals surface area contributed by atoms with E-state index in [1.54, 1.807) is 14.2 Å². The van der Waals surface area contributed by atoms with Gasteiger partial charge < -0.3 is 9.47 Å². The first kappa shape index (κ1) is 23.2. The van der Waals surface area contributed by atoms with E-state index < -0.39 is 0 Å². The summed E-state index contributed by atoms with van der Waals surface area (Å²) >= 11 is 0. The molecule has 164 valence electrons. The molecule has 0 fully saturated rings. The zero-order chi connectivity index (χ0) is 22.6. The molecule has 0 spiro atoms. The Kier molecular flexibility index (Phi) is 8.98. The Morgan fingerprint density at radius 2 is 1.66 bits per heavy atom. The van der Waals surface area contributed by atoms with Gasteiger partial charge in [0.15, 0.2) is 0 Å². The molecule has 0 radical (unpaired) electrons. The van der Waals surface area contributed by atoms with Crippen LogP contribution in [-0.2, 0) is 12.8 Å². The Hall–Kier alpha value is -3.48. The number of nitrogens with zero attached hydrogens (tertiary/aromatic N) is 1. The van der Waals surface area contributed by atoms with Gasteiger partial charge in [0, 0.05) is 24.7 Å². The van der Waals surface area contributed by atoms with E-state index in [1.165, 1.54) is 5.56 Å². The van der Waals surface area contributed by atoms with Gasteiger partial charge in [0.25, 0.3) is 0 Å². The van der Waals surface area contributed by atoms with Gasteiger partial charge in [0.1, 0.15) is 11.5 Å². The third-order valence-electron chi connectivity index (χ3n) is 5.40. The van der Waals surface area contributed by atoms with E-state index in [9.17, 15) is 0 Å². The van der Waals surface area contributed by atoms with Crippen LogP contribution in [0.15, 0.2) is 91.5 Å². The van der Waals surface area contributed by atoms with Crippen LogP contribution in [0.2, 0.25) is 0 Å². The molecule has 3 heteroatoms. The number of methoxy groups -OCH3 is 2. The third-order valence-corrected chi connectivity index (χ3v) is 5.40.